The van der Waals surface area contributed by atoms with Crippen LogP contribution in [-0.4, -0.2) is 30.1 Å². The van der Waals surface area contributed by atoms with Gasteiger partial charge in [-0.05, 0) is 60.0 Å². The number of nitrogens with one attached hydrogen (secondary N) is 3. The number of allylic oxidation sites excluding steroid dienone is 4. The third-order valence-electron chi connectivity index (χ3n) is 6.74. The Hall–Kier alpha value is -5.63. The lowest BCUT2D eigenvalue weighted by atomic mass is 10.1. The van der Waals surface area contributed by atoms with Crippen molar-refractivity contribution in [2.24, 2.45) is 0 Å². The van der Waals surface area contributed by atoms with Crippen LogP contribution < -0.4 is 5.32 Å². The van der Waals surface area contributed by atoms with E-state index in [2.05, 4.69) is 38.6 Å². The summed E-state index contributed by atoms with van der Waals surface area (Å²) in [4.78, 5) is 17.5. The van der Waals surface area contributed by atoms with Gasteiger partial charge in [0.1, 0.15) is 11.3 Å². The number of benzene rings is 2. The number of imidazole rings is 1. The number of rotatable bonds is 8. The maximum Gasteiger partial charge on any atom is 0.161 e. The molecule has 0 bridgehead atoms. The molecule has 3 N–H and O–H groups in total. The SMILES string of the molecule is C=C/C(=C\C(=C/C)c1ccc2[nH]nc(-c3nc4c(-c5ccc(F)cc5)cncc4[nH]3)c2n1)NC(=C)c1ccccc1. The zero-order chi connectivity index (χ0) is 28.3. The predicted octanol–water partition coefficient (Wildman–Crippen LogP) is 7.44. The lowest BCUT2D eigenvalue weighted by Crippen LogP contribution is -2.09. The summed E-state index contributed by atoms with van der Waals surface area (Å²) in [7, 11) is 0. The van der Waals surface area contributed by atoms with Crippen LogP contribution in [0.3, 0.4) is 0 Å². The third kappa shape index (κ3) is 5.06. The highest BCUT2D eigenvalue weighted by Gasteiger charge is 2.17. The Morgan fingerprint density at radius 1 is 0.927 bits per heavy atom. The van der Waals surface area contributed by atoms with E-state index in [-0.39, 0.29) is 5.82 Å². The number of hydrogen-bond acceptors (Lipinski definition) is 5. The minimum atomic E-state index is -0.297. The highest BCUT2D eigenvalue weighted by Crippen LogP contribution is 2.31. The molecule has 0 saturated carbocycles. The Morgan fingerprint density at radius 2 is 1.73 bits per heavy atom. The molecule has 0 aliphatic carbocycles. The van der Waals surface area contributed by atoms with Gasteiger partial charge in [-0.15, -0.1) is 0 Å². The van der Waals surface area contributed by atoms with Crippen molar-refractivity contribution in [1.29, 1.82) is 0 Å². The van der Waals surface area contributed by atoms with Gasteiger partial charge in [0.15, 0.2) is 11.5 Å². The second-order valence-corrected chi connectivity index (χ2v) is 9.36. The Labute approximate surface area is 235 Å². The van der Waals surface area contributed by atoms with Gasteiger partial charge in [0.25, 0.3) is 0 Å². The zero-order valence-electron chi connectivity index (χ0n) is 22.3. The van der Waals surface area contributed by atoms with E-state index in [9.17, 15) is 4.39 Å². The number of H-pyrrole nitrogens is 2. The van der Waals surface area contributed by atoms with Gasteiger partial charge in [-0.25, -0.2) is 14.4 Å². The number of fused-ring (bicyclic) bond motifs is 2. The van der Waals surface area contributed by atoms with Gasteiger partial charge in [-0.3, -0.25) is 10.1 Å². The largest absolute Gasteiger partial charge is 0.356 e. The predicted molar refractivity (Wildman–Crippen MR) is 163 cm³/mol. The van der Waals surface area contributed by atoms with Crippen LogP contribution in [-0.2, 0) is 0 Å². The summed E-state index contributed by atoms with van der Waals surface area (Å²) in [5.74, 6) is 0.256. The Morgan fingerprint density at radius 3 is 2.49 bits per heavy atom. The molecule has 0 radical (unpaired) electrons. The number of hydrogen-bond donors (Lipinski definition) is 3. The summed E-state index contributed by atoms with van der Waals surface area (Å²) in [6, 6.07) is 20.1. The molecular weight excluding hydrogens is 513 g/mol. The average Bonchev–Trinajstić information content (AvgIpc) is 3.64. The first-order chi connectivity index (χ1) is 20.0. The fraction of sp³-hybridized carbons (Fsp3) is 0.0303. The van der Waals surface area contributed by atoms with E-state index in [4.69, 9.17) is 9.97 Å². The lowest BCUT2D eigenvalue weighted by molar-refractivity contribution is 0.628. The molecule has 2 aromatic carbocycles. The molecule has 0 amide bonds. The molecule has 7 nitrogen and oxygen atoms in total. The van der Waals surface area contributed by atoms with Crippen molar-refractivity contribution in [1.82, 2.24) is 35.5 Å². The summed E-state index contributed by atoms with van der Waals surface area (Å²) < 4.78 is 13.5. The van der Waals surface area contributed by atoms with E-state index in [1.54, 1.807) is 30.6 Å². The van der Waals surface area contributed by atoms with Crippen molar-refractivity contribution in [2.45, 2.75) is 6.92 Å². The first-order valence-corrected chi connectivity index (χ1v) is 13.0. The highest BCUT2D eigenvalue weighted by atomic mass is 19.1. The maximum atomic E-state index is 13.5. The molecular formula is C33H26FN7. The minimum Gasteiger partial charge on any atom is -0.356 e. The summed E-state index contributed by atoms with van der Waals surface area (Å²) in [5, 5.41) is 10.9. The summed E-state index contributed by atoms with van der Waals surface area (Å²) in [5.41, 5.74) is 9.32. The van der Waals surface area contributed by atoms with Crippen LogP contribution in [0.25, 0.3) is 56.0 Å². The van der Waals surface area contributed by atoms with Crippen LogP contribution in [0.4, 0.5) is 4.39 Å². The van der Waals surface area contributed by atoms with Crippen molar-refractivity contribution in [2.75, 3.05) is 0 Å². The first-order valence-electron chi connectivity index (χ1n) is 13.0. The highest BCUT2D eigenvalue weighted by molar-refractivity contribution is 5.95. The van der Waals surface area contributed by atoms with E-state index < -0.39 is 0 Å². The molecule has 0 saturated heterocycles. The first kappa shape index (κ1) is 25.6. The molecule has 6 aromatic rings. The number of aromatic amines is 2. The number of nitrogens with zero attached hydrogens (tertiary/aromatic N) is 4. The Balaban J connectivity index is 1.36. The smallest absolute Gasteiger partial charge is 0.161 e. The zero-order valence-corrected chi connectivity index (χ0v) is 22.3. The van der Waals surface area contributed by atoms with E-state index >= 15 is 0 Å². The van der Waals surface area contributed by atoms with Crippen LogP contribution in [0.15, 0.2) is 116 Å². The van der Waals surface area contributed by atoms with Crippen molar-refractivity contribution < 1.29 is 4.39 Å². The molecule has 0 atom stereocenters. The van der Waals surface area contributed by atoms with E-state index in [1.165, 1.54) is 12.1 Å². The van der Waals surface area contributed by atoms with Crippen molar-refractivity contribution in [3.05, 3.63) is 133 Å². The van der Waals surface area contributed by atoms with Gasteiger partial charge in [0, 0.05) is 23.2 Å². The van der Waals surface area contributed by atoms with E-state index in [0.29, 0.717) is 22.6 Å². The van der Waals surface area contributed by atoms with Gasteiger partial charge in [0.05, 0.1) is 28.4 Å². The van der Waals surface area contributed by atoms with Gasteiger partial charge < -0.3 is 10.3 Å². The van der Waals surface area contributed by atoms with Crippen LogP contribution in [0.1, 0.15) is 18.2 Å². The average molecular weight is 540 g/mol. The second kappa shape index (κ2) is 10.9. The quantitative estimate of drug-likeness (QED) is 0.175. The van der Waals surface area contributed by atoms with Crippen molar-refractivity contribution >= 4 is 33.3 Å². The Kier molecular flexibility index (Phi) is 6.79. The molecule has 4 aromatic heterocycles. The Bertz CT molecular complexity index is 1960. The van der Waals surface area contributed by atoms with Gasteiger partial charge in [0.2, 0.25) is 0 Å². The maximum absolute atomic E-state index is 13.5. The van der Waals surface area contributed by atoms with Gasteiger partial charge in [-0.2, -0.15) is 5.10 Å². The van der Waals surface area contributed by atoms with E-state index in [0.717, 1.165) is 50.4 Å². The second-order valence-electron chi connectivity index (χ2n) is 9.36. The summed E-state index contributed by atoms with van der Waals surface area (Å²) >= 11 is 0. The van der Waals surface area contributed by atoms with E-state index in [1.807, 2.05) is 61.5 Å². The minimum absolute atomic E-state index is 0.297. The van der Waals surface area contributed by atoms with Gasteiger partial charge in [-0.1, -0.05) is 61.7 Å². The number of pyridine rings is 2. The molecule has 41 heavy (non-hydrogen) atoms. The standard InChI is InChI=1S/C33H26FN7/c1-4-21(17-25(5-2)36-20(3)22-9-7-6-8-10-22)27-15-16-28-31(37-27)32(41-40-28)33-38-29-19-35-18-26(30(29)39-33)23-11-13-24(34)14-12-23/h4-19,36H,2-3H2,1H3,(H,38,39)(H,40,41)/b21-4+,25-17+. The van der Waals surface area contributed by atoms with Gasteiger partial charge >= 0.3 is 0 Å². The fourth-order valence-corrected chi connectivity index (χ4v) is 4.62. The molecule has 4 heterocycles. The molecule has 6 rings (SSSR count). The number of halogens is 1. The molecule has 0 fully saturated rings. The lowest BCUT2D eigenvalue weighted by Gasteiger charge is -2.12. The van der Waals surface area contributed by atoms with Crippen molar-refractivity contribution in [3.8, 4) is 22.6 Å². The monoisotopic (exact) mass is 539 g/mol. The van der Waals surface area contributed by atoms with Crippen LogP contribution in [0.5, 0.6) is 0 Å². The molecule has 0 aliphatic rings. The van der Waals surface area contributed by atoms with Crippen LogP contribution in [0, 0.1) is 5.82 Å². The molecule has 8 heteroatoms. The molecule has 200 valence electrons. The van der Waals surface area contributed by atoms with Crippen molar-refractivity contribution in [3.63, 3.8) is 0 Å². The summed E-state index contributed by atoms with van der Waals surface area (Å²) in [6.45, 7) is 10.1. The normalized spacial score (nSPS) is 12.1. The third-order valence-corrected chi connectivity index (χ3v) is 6.74. The number of aromatic nitrogens is 6. The fourth-order valence-electron chi connectivity index (χ4n) is 4.62. The topological polar surface area (TPSA) is 95.2 Å². The van der Waals surface area contributed by atoms with Crippen LogP contribution >= 0.6 is 0 Å². The molecule has 0 aliphatic heterocycles. The summed E-state index contributed by atoms with van der Waals surface area (Å²) in [6.07, 6.45) is 9.16. The molecule has 0 unspecified atom stereocenters. The van der Waals surface area contributed by atoms with Crippen LogP contribution in [0.2, 0.25) is 0 Å². The molecule has 0 spiro atoms.